The van der Waals surface area contributed by atoms with E-state index in [4.69, 9.17) is 0 Å². The molecule has 0 saturated carbocycles. The molecule has 0 aliphatic carbocycles. The lowest BCUT2D eigenvalue weighted by Gasteiger charge is -2.17. The maximum atomic E-state index is 10.8. The van der Waals surface area contributed by atoms with Crippen LogP contribution >= 0.6 is 0 Å². The highest BCUT2D eigenvalue weighted by Crippen LogP contribution is 2.21. The Bertz CT molecular complexity index is 387. The van der Waals surface area contributed by atoms with Crippen molar-refractivity contribution in [3.05, 3.63) is 16.3 Å². The topological polar surface area (TPSA) is 76.2 Å². The zero-order valence-corrected chi connectivity index (χ0v) is 11.2. The minimum absolute atomic E-state index is 0.0281. The second-order valence-corrected chi connectivity index (χ2v) is 4.10. The summed E-state index contributed by atoms with van der Waals surface area (Å²) in [5.74, 6) is 0.349. The quantitative estimate of drug-likeness (QED) is 0.432. The van der Waals surface area contributed by atoms with Crippen molar-refractivity contribution in [1.82, 2.24) is 14.7 Å². The van der Waals surface area contributed by atoms with Gasteiger partial charge in [-0.2, -0.15) is 0 Å². The molecule has 0 spiro atoms. The fourth-order valence-electron chi connectivity index (χ4n) is 1.78. The first-order valence-electron chi connectivity index (χ1n) is 6.22. The van der Waals surface area contributed by atoms with Crippen molar-refractivity contribution >= 4 is 11.5 Å². The number of nitrogens with zero attached hydrogens (tertiary/aromatic N) is 4. The standard InChI is InChI=1S/C11H21N5O2/c1-4-15(5-2)8-6-7-12-11-10(16(17)18)9-14(3)13-11/h9H,4-8H2,1-3H3,(H,12,13). The van der Waals surface area contributed by atoms with Gasteiger partial charge in [0.1, 0.15) is 6.20 Å². The van der Waals surface area contributed by atoms with Crippen molar-refractivity contribution in [2.45, 2.75) is 20.3 Å². The molecule has 1 aromatic rings. The van der Waals surface area contributed by atoms with E-state index in [1.807, 2.05) is 0 Å². The highest BCUT2D eigenvalue weighted by atomic mass is 16.6. The molecule has 0 saturated heterocycles. The van der Waals surface area contributed by atoms with Gasteiger partial charge in [-0.3, -0.25) is 14.8 Å². The van der Waals surface area contributed by atoms with Gasteiger partial charge < -0.3 is 10.2 Å². The Morgan fingerprint density at radius 2 is 2.17 bits per heavy atom. The summed E-state index contributed by atoms with van der Waals surface area (Å²) in [6, 6.07) is 0. The summed E-state index contributed by atoms with van der Waals surface area (Å²) < 4.78 is 1.45. The van der Waals surface area contributed by atoms with Crippen LogP contribution in [0, 0.1) is 10.1 Å². The Labute approximate surface area is 107 Å². The molecule has 0 aromatic carbocycles. The largest absolute Gasteiger partial charge is 0.363 e. The van der Waals surface area contributed by atoms with Gasteiger partial charge in [-0.25, -0.2) is 0 Å². The van der Waals surface area contributed by atoms with Crippen LogP contribution in [-0.2, 0) is 7.05 Å². The van der Waals surface area contributed by atoms with Gasteiger partial charge in [0.15, 0.2) is 0 Å². The molecule has 1 aromatic heterocycles. The molecule has 0 radical (unpaired) electrons. The summed E-state index contributed by atoms with van der Waals surface area (Å²) in [5.41, 5.74) is 0.0281. The van der Waals surface area contributed by atoms with Crippen LogP contribution in [0.15, 0.2) is 6.20 Å². The first-order chi connectivity index (χ1) is 8.58. The predicted octanol–water partition coefficient (Wildman–Crippen LogP) is 1.47. The molecule has 0 fully saturated rings. The first-order valence-corrected chi connectivity index (χ1v) is 6.22. The number of aromatic nitrogens is 2. The SMILES string of the molecule is CCN(CC)CCCNc1nn(C)cc1[N+](=O)[O-]. The molecule has 7 heteroatoms. The molecule has 0 bridgehead atoms. The smallest absolute Gasteiger partial charge is 0.330 e. The lowest BCUT2D eigenvalue weighted by molar-refractivity contribution is -0.384. The van der Waals surface area contributed by atoms with Crippen molar-refractivity contribution < 1.29 is 4.92 Å². The highest BCUT2D eigenvalue weighted by Gasteiger charge is 2.17. The molecule has 0 atom stereocenters. The molecule has 0 unspecified atom stereocenters. The van der Waals surface area contributed by atoms with Gasteiger partial charge in [-0.05, 0) is 26.1 Å². The Morgan fingerprint density at radius 3 is 2.72 bits per heavy atom. The van der Waals surface area contributed by atoms with Gasteiger partial charge in [-0.15, -0.1) is 5.10 Å². The van der Waals surface area contributed by atoms with Crippen molar-refractivity contribution in [3.63, 3.8) is 0 Å². The molecule has 1 N–H and O–H groups in total. The average molecular weight is 255 g/mol. The van der Waals surface area contributed by atoms with Crippen molar-refractivity contribution in [3.8, 4) is 0 Å². The summed E-state index contributed by atoms with van der Waals surface area (Å²) in [6.07, 6.45) is 2.35. The van der Waals surface area contributed by atoms with E-state index in [1.165, 1.54) is 10.9 Å². The molecule has 1 rings (SSSR count). The number of nitro groups is 1. The van der Waals surface area contributed by atoms with Crippen LogP contribution in [0.5, 0.6) is 0 Å². The fourth-order valence-corrected chi connectivity index (χ4v) is 1.78. The van der Waals surface area contributed by atoms with Gasteiger partial charge in [-0.1, -0.05) is 13.8 Å². The number of hydrogen-bond donors (Lipinski definition) is 1. The summed E-state index contributed by atoms with van der Waals surface area (Å²) >= 11 is 0. The van der Waals surface area contributed by atoms with E-state index in [0.29, 0.717) is 12.4 Å². The Balaban J connectivity index is 2.42. The Kier molecular flexibility index (Phi) is 5.57. The normalized spacial score (nSPS) is 10.9. The lowest BCUT2D eigenvalue weighted by atomic mass is 10.3. The molecule has 0 amide bonds. The Hall–Kier alpha value is -1.63. The fraction of sp³-hybridized carbons (Fsp3) is 0.727. The second-order valence-electron chi connectivity index (χ2n) is 4.10. The first kappa shape index (κ1) is 14.4. The molecular weight excluding hydrogens is 234 g/mol. The maximum absolute atomic E-state index is 10.8. The number of aryl methyl sites for hydroxylation is 1. The van der Waals surface area contributed by atoms with E-state index in [-0.39, 0.29) is 5.69 Å². The minimum atomic E-state index is -0.417. The van der Waals surface area contributed by atoms with Gasteiger partial charge in [0.2, 0.25) is 5.82 Å². The van der Waals surface area contributed by atoms with Crippen molar-refractivity contribution in [1.29, 1.82) is 0 Å². The molecule has 0 aliphatic rings. The highest BCUT2D eigenvalue weighted by molar-refractivity contribution is 5.54. The number of anilines is 1. The Morgan fingerprint density at radius 1 is 1.50 bits per heavy atom. The predicted molar refractivity (Wildman–Crippen MR) is 70.8 cm³/mol. The van der Waals surface area contributed by atoms with Crippen LogP contribution in [0.3, 0.4) is 0 Å². The zero-order valence-electron chi connectivity index (χ0n) is 11.2. The van der Waals surface area contributed by atoms with E-state index >= 15 is 0 Å². The van der Waals surface area contributed by atoms with Gasteiger partial charge in [0, 0.05) is 13.6 Å². The molecule has 0 aliphatic heterocycles. The summed E-state index contributed by atoms with van der Waals surface area (Å²) in [5, 5.41) is 17.8. The van der Waals surface area contributed by atoms with Crippen LogP contribution in [0.4, 0.5) is 11.5 Å². The van der Waals surface area contributed by atoms with Crippen molar-refractivity contribution in [2.75, 3.05) is 31.5 Å². The molecule has 1 heterocycles. The number of hydrogen-bond acceptors (Lipinski definition) is 5. The maximum Gasteiger partial charge on any atom is 0.330 e. The number of rotatable bonds is 8. The van der Waals surface area contributed by atoms with Crippen molar-refractivity contribution in [2.24, 2.45) is 7.05 Å². The minimum Gasteiger partial charge on any atom is -0.363 e. The molecule has 18 heavy (non-hydrogen) atoms. The van der Waals surface area contributed by atoms with E-state index in [0.717, 1.165) is 26.1 Å². The van der Waals surface area contributed by atoms with E-state index in [2.05, 4.69) is 29.2 Å². The summed E-state index contributed by atoms with van der Waals surface area (Å²) in [6.45, 7) is 7.98. The molecular formula is C11H21N5O2. The average Bonchev–Trinajstić information content (AvgIpc) is 2.71. The summed E-state index contributed by atoms with van der Waals surface area (Å²) in [4.78, 5) is 12.7. The van der Waals surface area contributed by atoms with Crippen LogP contribution in [0.1, 0.15) is 20.3 Å². The van der Waals surface area contributed by atoms with Gasteiger partial charge >= 0.3 is 5.69 Å². The van der Waals surface area contributed by atoms with Gasteiger partial charge in [0.25, 0.3) is 0 Å². The third-order valence-electron chi connectivity index (χ3n) is 2.84. The van der Waals surface area contributed by atoms with E-state index in [1.54, 1.807) is 7.05 Å². The van der Waals surface area contributed by atoms with Crippen LogP contribution < -0.4 is 5.32 Å². The lowest BCUT2D eigenvalue weighted by Crippen LogP contribution is -2.25. The van der Waals surface area contributed by atoms with E-state index < -0.39 is 4.92 Å². The van der Waals surface area contributed by atoms with Crippen LogP contribution in [0.2, 0.25) is 0 Å². The van der Waals surface area contributed by atoms with Crippen LogP contribution in [0.25, 0.3) is 0 Å². The third-order valence-corrected chi connectivity index (χ3v) is 2.84. The summed E-state index contributed by atoms with van der Waals surface area (Å²) in [7, 11) is 1.67. The number of nitrogens with one attached hydrogen (secondary N) is 1. The molecule has 102 valence electrons. The third kappa shape index (κ3) is 3.99. The monoisotopic (exact) mass is 255 g/mol. The second kappa shape index (κ2) is 6.95. The van der Waals surface area contributed by atoms with E-state index in [9.17, 15) is 10.1 Å². The van der Waals surface area contributed by atoms with Crippen LogP contribution in [-0.4, -0.2) is 45.8 Å². The van der Waals surface area contributed by atoms with Gasteiger partial charge in [0.05, 0.1) is 4.92 Å². The molecule has 7 nitrogen and oxygen atoms in total. The zero-order chi connectivity index (χ0) is 13.5.